The van der Waals surface area contributed by atoms with Crippen LogP contribution in [0.1, 0.15) is 47.0 Å². The molecule has 0 spiro atoms. The Balaban J connectivity index is 1.80. The summed E-state index contributed by atoms with van der Waals surface area (Å²) in [5.41, 5.74) is -0.297. The van der Waals surface area contributed by atoms with Crippen molar-refractivity contribution in [2.45, 2.75) is 63.7 Å². The fourth-order valence-corrected chi connectivity index (χ4v) is 2.61. The van der Waals surface area contributed by atoms with Gasteiger partial charge in [-0.25, -0.2) is 0 Å². The topological polar surface area (TPSA) is 73.6 Å². The summed E-state index contributed by atoms with van der Waals surface area (Å²) in [5.74, 6) is -0.791. The van der Waals surface area contributed by atoms with Crippen LogP contribution >= 0.6 is 0 Å². The third kappa shape index (κ3) is 2.38. The summed E-state index contributed by atoms with van der Waals surface area (Å²) >= 11 is 0. The molecular formula is C14H21BN2O4. The smallest absolute Gasteiger partial charge is 0.481 e. The molecule has 0 radical (unpaired) electrons. The molecular weight excluding hydrogens is 271 g/mol. The van der Waals surface area contributed by atoms with Crippen molar-refractivity contribution >= 4 is 18.6 Å². The normalized spacial score (nSPS) is 25.0. The van der Waals surface area contributed by atoms with Gasteiger partial charge in [-0.2, -0.15) is 5.10 Å². The van der Waals surface area contributed by atoms with E-state index in [0.29, 0.717) is 0 Å². The number of carbonyl (C=O) groups is 1. The molecule has 0 atom stereocenters. The maximum absolute atomic E-state index is 11.0. The van der Waals surface area contributed by atoms with Gasteiger partial charge in [0.25, 0.3) is 0 Å². The van der Waals surface area contributed by atoms with Crippen LogP contribution < -0.4 is 5.46 Å². The van der Waals surface area contributed by atoms with Crippen molar-refractivity contribution in [3.8, 4) is 0 Å². The lowest BCUT2D eigenvalue weighted by atomic mass is 9.82. The van der Waals surface area contributed by atoms with Crippen LogP contribution in [0.3, 0.4) is 0 Å². The predicted octanol–water partition coefficient (Wildman–Crippen LogP) is 1.15. The van der Waals surface area contributed by atoms with Gasteiger partial charge in [-0.15, -0.1) is 0 Å². The predicted molar refractivity (Wildman–Crippen MR) is 77.4 cm³/mol. The summed E-state index contributed by atoms with van der Waals surface area (Å²) in [7, 11) is -0.454. The minimum atomic E-state index is -0.791. The van der Waals surface area contributed by atoms with E-state index in [-0.39, 0.29) is 12.0 Å². The molecule has 1 saturated carbocycles. The molecule has 0 amide bonds. The quantitative estimate of drug-likeness (QED) is 0.843. The minimum Gasteiger partial charge on any atom is -0.481 e. The molecule has 21 heavy (non-hydrogen) atoms. The highest BCUT2D eigenvalue weighted by molar-refractivity contribution is 6.62. The number of carboxylic acid groups (broad SMARTS) is 1. The van der Waals surface area contributed by atoms with E-state index in [1.807, 2.05) is 33.9 Å². The van der Waals surface area contributed by atoms with E-state index in [2.05, 4.69) is 5.10 Å². The molecule has 2 aliphatic rings. The highest BCUT2D eigenvalue weighted by Gasteiger charge is 2.53. The first-order valence-corrected chi connectivity index (χ1v) is 7.28. The molecule has 2 fully saturated rings. The van der Waals surface area contributed by atoms with Gasteiger partial charge in [0, 0.05) is 17.9 Å². The zero-order valence-electron chi connectivity index (χ0n) is 12.9. The monoisotopic (exact) mass is 292 g/mol. The largest absolute Gasteiger partial charge is 0.498 e. The van der Waals surface area contributed by atoms with Crippen molar-refractivity contribution in [3.05, 3.63) is 12.4 Å². The molecule has 0 aromatic carbocycles. The number of rotatable bonds is 4. The Hall–Kier alpha value is -1.34. The van der Waals surface area contributed by atoms with Crippen molar-refractivity contribution in [2.75, 3.05) is 0 Å². The van der Waals surface area contributed by atoms with Gasteiger partial charge in [-0.1, -0.05) is 0 Å². The molecule has 6 nitrogen and oxygen atoms in total. The van der Waals surface area contributed by atoms with Crippen LogP contribution in [0.4, 0.5) is 0 Å². The zero-order valence-corrected chi connectivity index (χ0v) is 12.9. The lowest BCUT2D eigenvalue weighted by Crippen LogP contribution is -2.41. The van der Waals surface area contributed by atoms with Crippen LogP contribution in [0, 0.1) is 0 Å². The Morgan fingerprint density at radius 1 is 1.33 bits per heavy atom. The van der Waals surface area contributed by atoms with Crippen LogP contribution in [0.15, 0.2) is 12.4 Å². The van der Waals surface area contributed by atoms with E-state index in [9.17, 15) is 4.79 Å². The van der Waals surface area contributed by atoms with Crippen molar-refractivity contribution in [1.82, 2.24) is 9.78 Å². The van der Waals surface area contributed by atoms with E-state index in [1.54, 1.807) is 10.9 Å². The Bertz CT molecular complexity index is 561. The second kappa shape index (κ2) is 4.33. The summed E-state index contributed by atoms with van der Waals surface area (Å²) in [5, 5.41) is 13.4. The number of nitrogens with zero attached hydrogens (tertiary/aromatic N) is 2. The highest BCUT2D eigenvalue weighted by Crippen LogP contribution is 2.46. The molecule has 1 aromatic rings. The molecule has 3 rings (SSSR count). The molecule has 1 aromatic heterocycles. The van der Waals surface area contributed by atoms with Gasteiger partial charge < -0.3 is 14.4 Å². The Kier molecular flexibility index (Phi) is 3.01. The van der Waals surface area contributed by atoms with Crippen LogP contribution in [0.2, 0.25) is 0 Å². The second-order valence-electron chi connectivity index (χ2n) is 7.10. The summed E-state index contributed by atoms with van der Waals surface area (Å²) in [6.45, 7) is 8.02. The number of carboxylic acids is 1. The third-order valence-electron chi connectivity index (χ3n) is 4.92. The van der Waals surface area contributed by atoms with Gasteiger partial charge in [0.15, 0.2) is 0 Å². The third-order valence-corrected chi connectivity index (χ3v) is 4.92. The molecule has 1 aliphatic carbocycles. The van der Waals surface area contributed by atoms with Gasteiger partial charge in [0.1, 0.15) is 0 Å². The summed E-state index contributed by atoms with van der Waals surface area (Å²) in [6, 6.07) is 0. The van der Waals surface area contributed by atoms with E-state index in [0.717, 1.165) is 18.3 Å². The van der Waals surface area contributed by atoms with Gasteiger partial charge in [-0.3, -0.25) is 9.48 Å². The average molecular weight is 292 g/mol. The first-order chi connectivity index (χ1) is 9.65. The van der Waals surface area contributed by atoms with Gasteiger partial charge in [0.05, 0.1) is 23.2 Å². The molecule has 1 N–H and O–H groups in total. The van der Waals surface area contributed by atoms with Crippen LogP contribution in [0.25, 0.3) is 0 Å². The van der Waals surface area contributed by atoms with Crippen molar-refractivity contribution in [3.63, 3.8) is 0 Å². The Morgan fingerprint density at radius 3 is 2.38 bits per heavy atom. The second-order valence-corrected chi connectivity index (χ2v) is 7.10. The lowest BCUT2D eigenvalue weighted by Gasteiger charge is -2.32. The van der Waals surface area contributed by atoms with E-state index in [4.69, 9.17) is 14.4 Å². The molecule has 1 saturated heterocycles. The molecule has 1 aliphatic heterocycles. The molecule has 114 valence electrons. The van der Waals surface area contributed by atoms with E-state index in [1.165, 1.54) is 0 Å². The Labute approximate surface area is 124 Å². The number of aromatic nitrogens is 2. The van der Waals surface area contributed by atoms with Crippen LogP contribution in [-0.4, -0.2) is 39.2 Å². The van der Waals surface area contributed by atoms with E-state index >= 15 is 0 Å². The number of aliphatic carboxylic acids is 1. The standard InChI is InChI=1S/C14H21BN2O4/c1-12(2)13(3,4)21-15(20-12)10-8-16-17(9-10)14(5-6-14)7-11(18)19/h8-9H,5-7H2,1-4H3,(H,18,19). The van der Waals surface area contributed by atoms with Gasteiger partial charge in [0.2, 0.25) is 0 Å². The van der Waals surface area contributed by atoms with E-state index < -0.39 is 24.3 Å². The Morgan fingerprint density at radius 2 is 1.90 bits per heavy atom. The fourth-order valence-electron chi connectivity index (χ4n) is 2.61. The number of hydrogen-bond acceptors (Lipinski definition) is 4. The summed E-state index contributed by atoms with van der Waals surface area (Å²) < 4.78 is 13.7. The average Bonchev–Trinajstić information content (AvgIpc) is 2.85. The van der Waals surface area contributed by atoms with Crippen LogP contribution in [0.5, 0.6) is 0 Å². The molecule has 0 bridgehead atoms. The first kappa shape index (κ1) is 14.6. The summed E-state index contributed by atoms with van der Waals surface area (Å²) in [6.07, 6.45) is 5.38. The maximum atomic E-state index is 11.0. The van der Waals surface area contributed by atoms with Crippen molar-refractivity contribution < 1.29 is 19.2 Å². The lowest BCUT2D eigenvalue weighted by molar-refractivity contribution is -0.138. The highest BCUT2D eigenvalue weighted by atomic mass is 16.7. The van der Waals surface area contributed by atoms with Crippen molar-refractivity contribution in [2.24, 2.45) is 0 Å². The van der Waals surface area contributed by atoms with Gasteiger partial charge in [-0.05, 0) is 40.5 Å². The van der Waals surface area contributed by atoms with Crippen LogP contribution in [-0.2, 0) is 19.6 Å². The fraction of sp³-hybridized carbons (Fsp3) is 0.714. The SMILES string of the molecule is CC1(C)OB(c2cnn(C3(CC(=O)O)CC3)c2)OC1(C)C. The molecule has 0 unspecified atom stereocenters. The maximum Gasteiger partial charge on any atom is 0.498 e. The summed E-state index contributed by atoms with van der Waals surface area (Å²) in [4.78, 5) is 11.0. The minimum absolute atomic E-state index is 0.109. The number of hydrogen-bond donors (Lipinski definition) is 1. The molecule has 7 heteroatoms. The van der Waals surface area contributed by atoms with Gasteiger partial charge >= 0.3 is 13.1 Å². The van der Waals surface area contributed by atoms with Crippen molar-refractivity contribution in [1.29, 1.82) is 0 Å². The molecule has 2 heterocycles. The first-order valence-electron chi connectivity index (χ1n) is 7.28. The zero-order chi connectivity index (χ0) is 15.5.